The smallest absolute Gasteiger partial charge is 0.420 e. The van der Waals surface area contributed by atoms with Gasteiger partial charge in [-0.2, -0.15) is 36.9 Å². The van der Waals surface area contributed by atoms with Gasteiger partial charge in [-0.15, -0.1) is 0 Å². The van der Waals surface area contributed by atoms with Crippen molar-refractivity contribution in [3.8, 4) is 46.6 Å². The zero-order valence-electron chi connectivity index (χ0n) is 66.4. The van der Waals surface area contributed by atoms with Crippen LogP contribution in [-0.4, -0.2) is 151 Å². The summed E-state index contributed by atoms with van der Waals surface area (Å²) in [5.74, 6) is -2.56. The molecule has 0 aliphatic rings. The maximum absolute atomic E-state index is 14.2. The number of aryl methyl sites for hydroxylation is 6. The average molecular weight is 1620 g/mol. The molecule has 0 unspecified atom stereocenters. The minimum Gasteiger partial charge on any atom is -0.496 e. The van der Waals surface area contributed by atoms with Crippen LogP contribution >= 0.6 is 0 Å². The average Bonchev–Trinajstić information content (AvgIpc) is 1.40. The molecule has 0 bridgehead atoms. The number of aromatic nitrogens is 6. The van der Waals surface area contributed by atoms with Gasteiger partial charge in [-0.3, -0.25) is 28.8 Å². The van der Waals surface area contributed by atoms with E-state index in [1.807, 2.05) is 26.8 Å². The Hall–Kier alpha value is -13.4. The molecule has 34 heteroatoms. The SMILES string of the molecule is COC(=O)Cc1c(C)[nH]c2cc(C#N)c(OC)cc12.COC(=O)Cc1c(C)[nH]c2cc(C(F)(F)F)c(OC)cc12.COC(=O)Cc1c(C)[nH]c2cc(F)c(OC)cc12.COC(=O)Cc1c(C)[nH]c2ccc(OC)c(C#N)c12.COC(=O)Cc1c(C)[nH]c2ccc(OC)c(C(F)(F)F)c12.COC(=O)Cc1c(C)[nH]c2ccc(OC)c(F)c12. The number of carbonyl (C=O) groups is 6. The molecular weight excluding hydrogens is 1540 g/mol. The number of nitrogens with zero attached hydrogens (tertiary/aromatic N) is 2. The van der Waals surface area contributed by atoms with E-state index in [9.17, 15) is 69.2 Å². The van der Waals surface area contributed by atoms with Gasteiger partial charge in [0.25, 0.3) is 0 Å². The summed E-state index contributed by atoms with van der Waals surface area (Å²) in [4.78, 5) is 86.6. The molecule has 0 saturated heterocycles. The summed E-state index contributed by atoms with van der Waals surface area (Å²) >= 11 is 0. The van der Waals surface area contributed by atoms with Gasteiger partial charge in [-0.1, -0.05) is 0 Å². The predicted octanol–water partition coefficient (Wildman–Crippen LogP) is 15.3. The Kier molecular flexibility index (Phi) is 30.1. The zero-order valence-corrected chi connectivity index (χ0v) is 66.4. The van der Waals surface area contributed by atoms with E-state index in [4.69, 9.17) is 43.2 Å². The number of aromatic amines is 6. The van der Waals surface area contributed by atoms with Crippen molar-refractivity contribution in [2.75, 3.05) is 85.3 Å². The molecule has 6 aromatic carbocycles. The fraction of sp³-hybridized carbons (Fsp3) is 0.317. The minimum atomic E-state index is -4.59. The fourth-order valence-electron chi connectivity index (χ4n) is 12.9. The van der Waals surface area contributed by atoms with Crippen LogP contribution in [0.15, 0.2) is 72.8 Å². The number of benzene rings is 6. The summed E-state index contributed by atoms with van der Waals surface area (Å²) in [6.45, 7) is 10.7. The molecule has 0 atom stereocenters. The third kappa shape index (κ3) is 20.3. The van der Waals surface area contributed by atoms with E-state index in [0.717, 1.165) is 72.7 Å². The summed E-state index contributed by atoms with van der Waals surface area (Å²) < 4.78 is 164. The maximum atomic E-state index is 14.2. The van der Waals surface area contributed by atoms with Crippen LogP contribution in [0, 0.1) is 75.8 Å². The van der Waals surface area contributed by atoms with Crippen molar-refractivity contribution in [2.45, 2.75) is 92.4 Å². The van der Waals surface area contributed by atoms with Gasteiger partial charge in [0, 0.05) is 106 Å². The molecule has 0 aliphatic carbocycles. The lowest BCUT2D eigenvalue weighted by Gasteiger charge is -2.14. The molecule has 0 fully saturated rings. The summed E-state index contributed by atoms with van der Waals surface area (Å²) in [6.07, 6.45) is -8.86. The van der Waals surface area contributed by atoms with E-state index >= 15 is 0 Å². The highest BCUT2D eigenvalue weighted by atomic mass is 19.4. The van der Waals surface area contributed by atoms with Crippen LogP contribution in [-0.2, 0) is 108 Å². The van der Waals surface area contributed by atoms with E-state index in [2.05, 4.69) is 61.0 Å². The van der Waals surface area contributed by atoms with E-state index < -0.39 is 53.0 Å². The van der Waals surface area contributed by atoms with Gasteiger partial charge in [-0.25, -0.2) is 8.78 Å². The molecule has 616 valence electrons. The third-order valence-electron chi connectivity index (χ3n) is 18.7. The molecule has 0 amide bonds. The highest BCUT2D eigenvalue weighted by Gasteiger charge is 2.39. The van der Waals surface area contributed by atoms with Gasteiger partial charge < -0.3 is 86.7 Å². The van der Waals surface area contributed by atoms with Crippen molar-refractivity contribution in [3.63, 3.8) is 0 Å². The standard InChI is InChI=1S/2C14H14F3NO3.2C14H14N2O3.2C13H14FNO3/c1-7-8(5-13(19)21-3)9-4-12(20-2)10(14(15,16)17)6-11(9)18-7;1-7-8(6-11(19)21-3)12-9(18-7)4-5-10(20-2)13(12)14(15,16)17;1-8-10(6-14(17)19-3)11-5-13(18-2)9(7-15)4-12(11)16-8;1-8-9(6-13(17)19-3)14-10(7-15)12(18-2)5-4-11(14)16-8;1-7-8(5-13(16)18-3)9-4-12(17-2)10(14)6-11(9)15-7;1-7-8(6-11(16)18-3)12-9(15-7)4-5-10(17-2)13(12)14/h4,6,18H,5H2,1-3H3;4-5,18H,6H2,1-3H3;2*4-5,16H,6H2,1-3H3;4,6,15H,5H2,1-3H3;4-5,15H,6H2,1-3H3. The van der Waals surface area contributed by atoms with Crippen molar-refractivity contribution in [1.29, 1.82) is 10.5 Å². The Balaban J connectivity index is 0.000000193. The molecule has 0 aliphatic heterocycles. The van der Waals surface area contributed by atoms with Crippen molar-refractivity contribution < 1.29 is 121 Å². The molecule has 0 radical (unpaired) electrons. The normalized spacial score (nSPS) is 10.9. The number of fused-ring (bicyclic) bond motifs is 6. The Morgan fingerprint density at radius 2 is 0.647 bits per heavy atom. The first-order chi connectivity index (χ1) is 54.9. The number of hydrogen-bond acceptors (Lipinski definition) is 20. The number of H-pyrrole nitrogens is 6. The lowest BCUT2D eigenvalue weighted by Crippen LogP contribution is -2.10. The topological polar surface area (TPSA) is 356 Å². The number of esters is 6. The van der Waals surface area contributed by atoms with E-state index in [0.29, 0.717) is 78.0 Å². The van der Waals surface area contributed by atoms with Crippen molar-refractivity contribution in [2.24, 2.45) is 0 Å². The molecule has 0 saturated carbocycles. The fourth-order valence-corrected chi connectivity index (χ4v) is 12.9. The number of carbonyl (C=O) groups excluding carboxylic acids is 6. The number of halogens is 8. The van der Waals surface area contributed by atoms with Gasteiger partial charge in [0.1, 0.15) is 46.3 Å². The highest BCUT2D eigenvalue weighted by Crippen LogP contribution is 2.45. The molecule has 12 aromatic rings. The Labute approximate surface area is 658 Å². The summed E-state index contributed by atoms with van der Waals surface area (Å²) in [5.41, 5.74) is 11.0. The molecule has 12 rings (SSSR count). The second kappa shape index (κ2) is 38.9. The molecule has 116 heavy (non-hydrogen) atoms. The van der Waals surface area contributed by atoms with Gasteiger partial charge >= 0.3 is 48.2 Å². The van der Waals surface area contributed by atoms with Crippen molar-refractivity contribution >= 4 is 101 Å². The molecule has 6 heterocycles. The number of nitrogens with one attached hydrogen (secondary N) is 6. The lowest BCUT2D eigenvalue weighted by atomic mass is 10.0. The van der Waals surface area contributed by atoms with Crippen molar-refractivity contribution in [1.82, 2.24) is 29.9 Å². The zero-order chi connectivity index (χ0) is 86.1. The highest BCUT2D eigenvalue weighted by molar-refractivity contribution is 5.97. The maximum Gasteiger partial charge on any atom is 0.420 e. The first kappa shape index (κ1) is 89.8. The first-order valence-corrected chi connectivity index (χ1v) is 34.7. The van der Waals surface area contributed by atoms with Gasteiger partial charge in [0.2, 0.25) is 0 Å². The van der Waals surface area contributed by atoms with Crippen LogP contribution in [0.1, 0.15) is 89.8 Å². The number of methoxy groups -OCH3 is 12. The Morgan fingerprint density at radius 3 is 1.02 bits per heavy atom. The lowest BCUT2D eigenvalue weighted by molar-refractivity contribution is -0.140. The number of nitriles is 2. The first-order valence-electron chi connectivity index (χ1n) is 34.7. The molecule has 6 aromatic heterocycles. The summed E-state index contributed by atoms with van der Waals surface area (Å²) in [7, 11) is 16.0. The third-order valence-corrected chi connectivity index (χ3v) is 18.7. The molecule has 26 nitrogen and oxygen atoms in total. The van der Waals surface area contributed by atoms with Crippen LogP contribution in [0.25, 0.3) is 65.4 Å². The van der Waals surface area contributed by atoms with Crippen LogP contribution in [0.3, 0.4) is 0 Å². The van der Waals surface area contributed by atoms with Crippen LogP contribution < -0.4 is 28.4 Å². The number of rotatable bonds is 18. The monoisotopic (exact) mass is 1620 g/mol. The number of alkyl halides is 6. The van der Waals surface area contributed by atoms with Crippen molar-refractivity contribution in [3.05, 3.63) is 174 Å². The molecule has 0 spiro atoms. The minimum absolute atomic E-state index is 0.0170. The van der Waals surface area contributed by atoms with E-state index in [1.165, 1.54) is 110 Å². The molecular formula is C82H84F8N8O18. The summed E-state index contributed by atoms with van der Waals surface area (Å²) in [6, 6.07) is 22.5. The van der Waals surface area contributed by atoms with Crippen LogP contribution in [0.4, 0.5) is 35.1 Å². The Morgan fingerprint density at radius 1 is 0.336 bits per heavy atom. The van der Waals surface area contributed by atoms with Crippen LogP contribution in [0.2, 0.25) is 0 Å². The number of hydrogen-bond donors (Lipinski definition) is 6. The quantitative estimate of drug-likeness (QED) is 0.0264. The molecule has 6 N–H and O–H groups in total. The van der Waals surface area contributed by atoms with E-state index in [-0.39, 0.29) is 90.4 Å². The predicted molar refractivity (Wildman–Crippen MR) is 411 cm³/mol. The van der Waals surface area contributed by atoms with Gasteiger partial charge in [0.05, 0.1) is 135 Å². The number of ether oxygens (including phenoxy) is 12. The van der Waals surface area contributed by atoms with Gasteiger partial charge in [0.15, 0.2) is 23.1 Å². The van der Waals surface area contributed by atoms with Crippen LogP contribution in [0.5, 0.6) is 34.5 Å². The second-order valence-corrected chi connectivity index (χ2v) is 25.5. The second-order valence-electron chi connectivity index (χ2n) is 25.5. The Bertz CT molecular complexity index is 5740. The largest absolute Gasteiger partial charge is 0.496 e. The van der Waals surface area contributed by atoms with Gasteiger partial charge in [-0.05, 0) is 142 Å². The summed E-state index contributed by atoms with van der Waals surface area (Å²) in [5, 5.41) is 21.6. The van der Waals surface area contributed by atoms with E-state index in [1.54, 1.807) is 57.2 Å².